The van der Waals surface area contributed by atoms with Crippen molar-refractivity contribution in [1.29, 1.82) is 0 Å². The Kier molecular flexibility index (Phi) is 4.98. The Morgan fingerprint density at radius 1 is 1.25 bits per heavy atom. The number of nitrogens with one attached hydrogen (secondary N) is 1. The first-order chi connectivity index (χ1) is 9.10. The molecular formula is C15H22N2O2S. The first kappa shape index (κ1) is 16.7. The molecule has 5 heteroatoms. The van der Waals surface area contributed by atoms with Gasteiger partial charge < -0.3 is 0 Å². The van der Waals surface area contributed by atoms with Crippen LogP contribution in [0.2, 0.25) is 0 Å². The molecule has 0 saturated heterocycles. The van der Waals surface area contributed by atoms with Gasteiger partial charge in [0, 0.05) is 20.1 Å². The van der Waals surface area contributed by atoms with E-state index in [1.165, 1.54) is 18.4 Å². The van der Waals surface area contributed by atoms with Crippen molar-refractivity contribution in [2.45, 2.75) is 37.2 Å². The first-order valence-corrected chi connectivity index (χ1v) is 7.82. The fourth-order valence-corrected chi connectivity index (χ4v) is 2.71. The van der Waals surface area contributed by atoms with Crippen molar-refractivity contribution in [3.63, 3.8) is 0 Å². The molecule has 1 unspecified atom stereocenters. The summed E-state index contributed by atoms with van der Waals surface area (Å²) in [5.74, 6) is 2.68. The topological polar surface area (TPSA) is 49.4 Å². The highest BCUT2D eigenvalue weighted by Crippen LogP contribution is 2.19. The number of benzene rings is 1. The van der Waals surface area contributed by atoms with E-state index in [4.69, 9.17) is 6.42 Å². The van der Waals surface area contributed by atoms with E-state index in [0.29, 0.717) is 0 Å². The molecule has 0 aliphatic heterocycles. The predicted octanol–water partition coefficient (Wildman–Crippen LogP) is 2.00. The van der Waals surface area contributed by atoms with E-state index in [0.717, 1.165) is 5.56 Å². The van der Waals surface area contributed by atoms with Gasteiger partial charge >= 0.3 is 0 Å². The van der Waals surface area contributed by atoms with Gasteiger partial charge in [-0.2, -0.15) is 0 Å². The van der Waals surface area contributed by atoms with Crippen LogP contribution in [-0.2, 0) is 10.0 Å². The van der Waals surface area contributed by atoms with E-state index in [9.17, 15) is 8.42 Å². The minimum atomic E-state index is -3.38. The van der Waals surface area contributed by atoms with Gasteiger partial charge in [0.2, 0.25) is 10.0 Å². The SMILES string of the molecule is C#CC(C)(C)NC(C)c1ccc(S(=O)(=O)N(C)C)cc1. The lowest BCUT2D eigenvalue weighted by Crippen LogP contribution is -2.39. The van der Waals surface area contributed by atoms with Gasteiger partial charge in [0.25, 0.3) is 0 Å². The molecule has 0 aromatic heterocycles. The number of sulfonamides is 1. The highest BCUT2D eigenvalue weighted by molar-refractivity contribution is 7.89. The molecule has 0 fully saturated rings. The quantitative estimate of drug-likeness (QED) is 0.845. The molecule has 1 aromatic carbocycles. The maximum atomic E-state index is 12.0. The highest BCUT2D eigenvalue weighted by atomic mass is 32.2. The third-order valence-corrected chi connectivity index (χ3v) is 4.93. The van der Waals surface area contributed by atoms with Crippen LogP contribution in [-0.4, -0.2) is 32.4 Å². The second-order valence-electron chi connectivity index (χ2n) is 5.49. The molecule has 0 aliphatic carbocycles. The van der Waals surface area contributed by atoms with E-state index < -0.39 is 15.6 Å². The Bertz CT molecular complexity index is 596. The van der Waals surface area contributed by atoms with Crippen molar-refractivity contribution in [2.75, 3.05) is 14.1 Å². The van der Waals surface area contributed by atoms with E-state index in [-0.39, 0.29) is 10.9 Å². The molecule has 0 heterocycles. The smallest absolute Gasteiger partial charge is 0.242 e. The Morgan fingerprint density at radius 3 is 2.15 bits per heavy atom. The van der Waals surface area contributed by atoms with Gasteiger partial charge in [-0.25, -0.2) is 12.7 Å². The molecule has 0 amide bonds. The second-order valence-corrected chi connectivity index (χ2v) is 7.64. The monoisotopic (exact) mass is 294 g/mol. The zero-order valence-electron chi connectivity index (χ0n) is 12.6. The van der Waals surface area contributed by atoms with Crippen LogP contribution in [0.25, 0.3) is 0 Å². The van der Waals surface area contributed by atoms with Crippen molar-refractivity contribution >= 4 is 10.0 Å². The zero-order valence-corrected chi connectivity index (χ0v) is 13.5. The molecule has 110 valence electrons. The molecule has 4 nitrogen and oxygen atoms in total. The molecule has 1 aromatic rings. The first-order valence-electron chi connectivity index (χ1n) is 6.38. The maximum absolute atomic E-state index is 12.0. The summed E-state index contributed by atoms with van der Waals surface area (Å²) in [6.45, 7) is 5.84. The number of nitrogens with zero attached hydrogens (tertiary/aromatic N) is 1. The molecule has 1 atom stereocenters. The predicted molar refractivity (Wildman–Crippen MR) is 81.8 cm³/mol. The van der Waals surface area contributed by atoms with E-state index >= 15 is 0 Å². The largest absolute Gasteiger partial charge is 0.295 e. The summed E-state index contributed by atoms with van der Waals surface area (Å²) in [7, 11) is -0.345. The fraction of sp³-hybridized carbons (Fsp3) is 0.467. The fourth-order valence-electron chi connectivity index (χ4n) is 1.81. The normalized spacial score (nSPS) is 14.1. The van der Waals surface area contributed by atoms with Crippen molar-refractivity contribution in [3.8, 4) is 12.3 Å². The van der Waals surface area contributed by atoms with Crippen molar-refractivity contribution in [3.05, 3.63) is 29.8 Å². The lowest BCUT2D eigenvalue weighted by atomic mass is 10.0. The third kappa shape index (κ3) is 3.83. The Morgan fingerprint density at radius 2 is 1.75 bits per heavy atom. The lowest BCUT2D eigenvalue weighted by molar-refractivity contribution is 0.431. The Labute approximate surface area is 122 Å². The third-order valence-electron chi connectivity index (χ3n) is 3.10. The van der Waals surface area contributed by atoms with Gasteiger partial charge in [-0.15, -0.1) is 6.42 Å². The van der Waals surface area contributed by atoms with Crippen LogP contribution in [0.3, 0.4) is 0 Å². The van der Waals surface area contributed by atoms with Crippen molar-refractivity contribution < 1.29 is 8.42 Å². The Balaban J connectivity index is 2.96. The molecule has 1 N–H and O–H groups in total. The lowest BCUT2D eigenvalue weighted by Gasteiger charge is -2.25. The standard InChI is InChI=1S/C15H22N2O2S/c1-7-15(3,4)16-12(2)13-8-10-14(11-9-13)20(18,19)17(5)6/h1,8-12,16H,2-6H3. The van der Waals surface area contributed by atoms with E-state index in [2.05, 4.69) is 11.2 Å². The second kappa shape index (κ2) is 5.96. The summed E-state index contributed by atoms with van der Waals surface area (Å²) in [6, 6.07) is 6.89. The average Bonchev–Trinajstić information content (AvgIpc) is 2.38. The van der Waals surface area contributed by atoms with Crippen LogP contribution in [0.1, 0.15) is 32.4 Å². The summed E-state index contributed by atoms with van der Waals surface area (Å²) in [4.78, 5) is 0.287. The van der Waals surface area contributed by atoms with Gasteiger partial charge in [-0.3, -0.25) is 5.32 Å². The Hall–Kier alpha value is -1.35. The number of rotatable bonds is 5. The molecule has 1 rings (SSSR count). The van der Waals surface area contributed by atoms with Gasteiger partial charge in [0.15, 0.2) is 0 Å². The minimum absolute atomic E-state index is 0.0390. The van der Waals surface area contributed by atoms with Gasteiger partial charge in [0.1, 0.15) is 0 Å². The van der Waals surface area contributed by atoms with E-state index in [1.54, 1.807) is 24.3 Å². The summed E-state index contributed by atoms with van der Waals surface area (Å²) >= 11 is 0. The summed E-state index contributed by atoms with van der Waals surface area (Å²) < 4.78 is 25.1. The maximum Gasteiger partial charge on any atom is 0.242 e. The minimum Gasteiger partial charge on any atom is -0.295 e. The van der Waals surface area contributed by atoms with Crippen LogP contribution < -0.4 is 5.32 Å². The average molecular weight is 294 g/mol. The van der Waals surface area contributed by atoms with Gasteiger partial charge in [-0.1, -0.05) is 18.1 Å². The zero-order chi connectivity index (χ0) is 15.6. The van der Waals surface area contributed by atoms with Crippen LogP contribution in [0.4, 0.5) is 0 Å². The molecule has 20 heavy (non-hydrogen) atoms. The molecule has 0 radical (unpaired) electrons. The molecule has 0 saturated carbocycles. The van der Waals surface area contributed by atoms with Crippen molar-refractivity contribution in [2.24, 2.45) is 0 Å². The van der Waals surface area contributed by atoms with Crippen LogP contribution in [0.5, 0.6) is 0 Å². The van der Waals surface area contributed by atoms with Gasteiger partial charge in [0.05, 0.1) is 10.4 Å². The summed E-state index contributed by atoms with van der Waals surface area (Å²) in [5, 5.41) is 3.31. The van der Waals surface area contributed by atoms with Crippen LogP contribution in [0, 0.1) is 12.3 Å². The summed E-state index contributed by atoms with van der Waals surface area (Å²) in [5.41, 5.74) is 0.583. The molecule has 0 bridgehead atoms. The molecule has 0 aliphatic rings. The number of hydrogen-bond acceptors (Lipinski definition) is 3. The van der Waals surface area contributed by atoms with E-state index in [1.807, 2.05) is 20.8 Å². The summed E-state index contributed by atoms with van der Waals surface area (Å²) in [6.07, 6.45) is 5.45. The number of terminal acetylenes is 1. The van der Waals surface area contributed by atoms with Crippen molar-refractivity contribution in [1.82, 2.24) is 9.62 Å². The van der Waals surface area contributed by atoms with Gasteiger partial charge in [-0.05, 0) is 38.5 Å². The van der Waals surface area contributed by atoms with Crippen LogP contribution >= 0.6 is 0 Å². The number of hydrogen-bond donors (Lipinski definition) is 1. The molecule has 0 spiro atoms. The highest BCUT2D eigenvalue weighted by Gasteiger charge is 2.20. The molecular weight excluding hydrogens is 272 g/mol. The van der Waals surface area contributed by atoms with Crippen LogP contribution in [0.15, 0.2) is 29.2 Å².